The molecule has 0 fully saturated rings. The smallest absolute Gasteiger partial charge is 0.255 e. The van der Waals surface area contributed by atoms with Gasteiger partial charge in [0.1, 0.15) is 0 Å². The van der Waals surface area contributed by atoms with Gasteiger partial charge < -0.3 is 5.32 Å². The summed E-state index contributed by atoms with van der Waals surface area (Å²) in [7, 11) is -3.40. The summed E-state index contributed by atoms with van der Waals surface area (Å²) in [5.41, 5.74) is 3.43. The topological polar surface area (TPSA) is 75.3 Å². The summed E-state index contributed by atoms with van der Waals surface area (Å²) in [4.78, 5) is 12.4. The predicted octanol–water partition coefficient (Wildman–Crippen LogP) is 3.74. The van der Waals surface area contributed by atoms with Gasteiger partial charge in [-0.15, -0.1) is 0 Å². The summed E-state index contributed by atoms with van der Waals surface area (Å²) in [6.45, 7) is 5.99. The molecule has 0 unspecified atom stereocenters. The average molecular weight is 346 g/mol. The summed E-state index contributed by atoms with van der Waals surface area (Å²) in [6, 6.07) is 12.6. The zero-order valence-corrected chi connectivity index (χ0v) is 15.1. The van der Waals surface area contributed by atoms with Gasteiger partial charge in [-0.1, -0.05) is 32.0 Å². The maximum Gasteiger partial charge on any atom is 0.255 e. The first-order chi connectivity index (χ1) is 11.2. The fourth-order valence-corrected chi connectivity index (χ4v) is 2.85. The first-order valence-corrected chi connectivity index (χ1v) is 9.54. The largest absolute Gasteiger partial charge is 0.322 e. The van der Waals surface area contributed by atoms with E-state index in [1.54, 1.807) is 19.1 Å². The molecule has 0 atom stereocenters. The molecule has 5 nitrogen and oxygen atoms in total. The zero-order chi connectivity index (χ0) is 17.9. The van der Waals surface area contributed by atoms with Crippen molar-refractivity contribution in [2.75, 3.05) is 16.3 Å². The van der Waals surface area contributed by atoms with E-state index in [0.717, 1.165) is 11.8 Å². The normalized spacial score (nSPS) is 11.4. The SMILES string of the molecule is Cc1ccc(C(=O)Nc2ccc(C(C)C)cc2)cc1NS(C)(=O)=O. The lowest BCUT2D eigenvalue weighted by Gasteiger charge is -2.11. The molecule has 0 aliphatic rings. The highest BCUT2D eigenvalue weighted by atomic mass is 32.2. The minimum atomic E-state index is -3.40. The number of carbonyl (C=O) groups is 1. The molecule has 0 radical (unpaired) electrons. The molecule has 0 saturated heterocycles. The molecular formula is C18H22N2O3S. The Balaban J connectivity index is 2.19. The van der Waals surface area contributed by atoms with E-state index in [-0.39, 0.29) is 5.91 Å². The molecule has 24 heavy (non-hydrogen) atoms. The molecule has 2 aromatic rings. The van der Waals surface area contributed by atoms with Crippen LogP contribution in [0.15, 0.2) is 42.5 Å². The van der Waals surface area contributed by atoms with Crippen LogP contribution in [0, 0.1) is 6.92 Å². The summed E-state index contributed by atoms with van der Waals surface area (Å²) in [5.74, 6) is 0.139. The quantitative estimate of drug-likeness (QED) is 0.866. The number of hydrogen-bond donors (Lipinski definition) is 2. The lowest BCUT2D eigenvalue weighted by Crippen LogP contribution is -2.14. The van der Waals surface area contributed by atoms with Crippen LogP contribution in [-0.4, -0.2) is 20.6 Å². The maximum atomic E-state index is 12.4. The van der Waals surface area contributed by atoms with Crippen molar-refractivity contribution in [3.8, 4) is 0 Å². The van der Waals surface area contributed by atoms with Crippen LogP contribution in [0.4, 0.5) is 11.4 Å². The third-order valence-electron chi connectivity index (χ3n) is 3.63. The van der Waals surface area contributed by atoms with Crippen LogP contribution in [-0.2, 0) is 10.0 Å². The fraction of sp³-hybridized carbons (Fsp3) is 0.278. The summed E-state index contributed by atoms with van der Waals surface area (Å²) in [5, 5.41) is 2.82. The number of carbonyl (C=O) groups excluding carboxylic acids is 1. The van der Waals surface area contributed by atoms with E-state index in [0.29, 0.717) is 22.9 Å². The van der Waals surface area contributed by atoms with Crippen LogP contribution in [0.3, 0.4) is 0 Å². The minimum absolute atomic E-state index is 0.288. The van der Waals surface area contributed by atoms with E-state index in [1.165, 1.54) is 11.6 Å². The van der Waals surface area contributed by atoms with E-state index < -0.39 is 10.0 Å². The average Bonchev–Trinajstić information content (AvgIpc) is 2.48. The van der Waals surface area contributed by atoms with Gasteiger partial charge in [-0.25, -0.2) is 8.42 Å². The molecular weight excluding hydrogens is 324 g/mol. The van der Waals surface area contributed by atoms with Gasteiger partial charge in [-0.2, -0.15) is 0 Å². The van der Waals surface area contributed by atoms with Crippen molar-refractivity contribution < 1.29 is 13.2 Å². The van der Waals surface area contributed by atoms with E-state index in [2.05, 4.69) is 23.9 Å². The number of amides is 1. The Bertz CT molecular complexity index is 841. The number of hydrogen-bond acceptors (Lipinski definition) is 3. The van der Waals surface area contributed by atoms with Crippen molar-refractivity contribution in [1.82, 2.24) is 0 Å². The number of aryl methyl sites for hydroxylation is 1. The molecule has 0 bridgehead atoms. The molecule has 2 rings (SSSR count). The molecule has 2 aromatic carbocycles. The second kappa shape index (κ2) is 7.05. The van der Waals surface area contributed by atoms with Gasteiger partial charge in [0.15, 0.2) is 0 Å². The summed E-state index contributed by atoms with van der Waals surface area (Å²) in [6.07, 6.45) is 1.08. The van der Waals surface area contributed by atoms with Crippen molar-refractivity contribution in [3.05, 3.63) is 59.2 Å². The number of benzene rings is 2. The van der Waals surface area contributed by atoms with E-state index in [1.807, 2.05) is 24.3 Å². The lowest BCUT2D eigenvalue weighted by atomic mass is 10.0. The summed E-state index contributed by atoms with van der Waals surface area (Å²) < 4.78 is 25.2. The second-order valence-corrected chi connectivity index (χ2v) is 7.88. The van der Waals surface area contributed by atoms with Crippen molar-refractivity contribution in [2.45, 2.75) is 26.7 Å². The zero-order valence-electron chi connectivity index (χ0n) is 14.3. The third-order valence-corrected chi connectivity index (χ3v) is 4.22. The van der Waals surface area contributed by atoms with Crippen molar-refractivity contribution in [1.29, 1.82) is 0 Å². The first-order valence-electron chi connectivity index (χ1n) is 7.65. The molecule has 0 aliphatic carbocycles. The van der Waals surface area contributed by atoms with Crippen LogP contribution < -0.4 is 10.0 Å². The number of nitrogens with one attached hydrogen (secondary N) is 2. The molecule has 0 heterocycles. The van der Waals surface area contributed by atoms with E-state index in [4.69, 9.17) is 0 Å². The summed E-state index contributed by atoms with van der Waals surface area (Å²) >= 11 is 0. The Hall–Kier alpha value is -2.34. The lowest BCUT2D eigenvalue weighted by molar-refractivity contribution is 0.102. The van der Waals surface area contributed by atoms with Gasteiger partial charge >= 0.3 is 0 Å². The van der Waals surface area contributed by atoms with Crippen molar-refractivity contribution >= 4 is 27.3 Å². The highest BCUT2D eigenvalue weighted by molar-refractivity contribution is 7.92. The molecule has 0 saturated carbocycles. The van der Waals surface area contributed by atoms with E-state index in [9.17, 15) is 13.2 Å². The minimum Gasteiger partial charge on any atom is -0.322 e. The predicted molar refractivity (Wildman–Crippen MR) is 98.1 cm³/mol. The number of sulfonamides is 1. The highest BCUT2D eigenvalue weighted by Crippen LogP contribution is 2.20. The van der Waals surface area contributed by atoms with Gasteiger partial charge in [0.2, 0.25) is 10.0 Å². The van der Waals surface area contributed by atoms with Gasteiger partial charge in [0.25, 0.3) is 5.91 Å². The Kier molecular flexibility index (Phi) is 5.29. The highest BCUT2D eigenvalue weighted by Gasteiger charge is 2.11. The van der Waals surface area contributed by atoms with Gasteiger partial charge in [-0.05, 0) is 48.2 Å². The molecule has 0 aliphatic heterocycles. The Morgan fingerprint density at radius 3 is 2.21 bits per heavy atom. The second-order valence-electron chi connectivity index (χ2n) is 6.13. The van der Waals surface area contributed by atoms with Gasteiger partial charge in [-0.3, -0.25) is 9.52 Å². The van der Waals surface area contributed by atoms with Crippen LogP contribution >= 0.6 is 0 Å². The standard InChI is InChI=1S/C18H22N2O3S/c1-12(2)14-7-9-16(10-8-14)19-18(21)15-6-5-13(3)17(11-15)20-24(4,22)23/h5-12,20H,1-4H3,(H,19,21). The third kappa shape index (κ3) is 4.83. The van der Waals surface area contributed by atoms with Gasteiger partial charge in [0, 0.05) is 11.3 Å². The monoisotopic (exact) mass is 346 g/mol. The van der Waals surface area contributed by atoms with E-state index >= 15 is 0 Å². The molecule has 1 amide bonds. The fourth-order valence-electron chi connectivity index (χ4n) is 2.23. The maximum absolute atomic E-state index is 12.4. The van der Waals surface area contributed by atoms with Crippen LogP contribution in [0.5, 0.6) is 0 Å². The van der Waals surface area contributed by atoms with Crippen LogP contribution in [0.1, 0.15) is 41.3 Å². The molecule has 6 heteroatoms. The van der Waals surface area contributed by atoms with Crippen LogP contribution in [0.2, 0.25) is 0 Å². The van der Waals surface area contributed by atoms with Crippen LogP contribution in [0.25, 0.3) is 0 Å². The first kappa shape index (κ1) is 18.0. The Labute approximate surface area is 143 Å². The molecule has 0 aromatic heterocycles. The van der Waals surface area contributed by atoms with Crippen molar-refractivity contribution in [2.24, 2.45) is 0 Å². The molecule has 128 valence electrons. The van der Waals surface area contributed by atoms with Crippen molar-refractivity contribution in [3.63, 3.8) is 0 Å². The number of rotatable bonds is 5. The molecule has 2 N–H and O–H groups in total. The molecule has 0 spiro atoms. The number of anilines is 2. The van der Waals surface area contributed by atoms with Gasteiger partial charge in [0.05, 0.1) is 11.9 Å². The Morgan fingerprint density at radius 1 is 1.04 bits per heavy atom. The Morgan fingerprint density at radius 2 is 1.67 bits per heavy atom.